The zero-order valence-electron chi connectivity index (χ0n) is 13.8. The molecule has 0 aliphatic carbocycles. The number of benzene rings is 1. The van der Waals surface area contributed by atoms with Crippen molar-refractivity contribution in [1.29, 1.82) is 0 Å². The number of aromatic nitrogens is 4. The summed E-state index contributed by atoms with van der Waals surface area (Å²) < 4.78 is 7.89. The van der Waals surface area contributed by atoms with E-state index in [2.05, 4.69) is 15.0 Å². The molecule has 124 valence electrons. The van der Waals surface area contributed by atoms with Crippen molar-refractivity contribution in [2.45, 2.75) is 13.8 Å². The number of rotatable bonds is 3. The number of hydrogen-bond donors (Lipinski definition) is 0. The molecular formula is C19H15ClN4O. The average Bonchev–Trinajstić information content (AvgIpc) is 3.06. The van der Waals surface area contributed by atoms with Crippen molar-refractivity contribution in [1.82, 2.24) is 19.4 Å². The van der Waals surface area contributed by atoms with E-state index >= 15 is 0 Å². The molecule has 3 heterocycles. The highest BCUT2D eigenvalue weighted by Crippen LogP contribution is 2.35. The molecule has 5 nitrogen and oxygen atoms in total. The minimum atomic E-state index is 0.534. The summed E-state index contributed by atoms with van der Waals surface area (Å²) in [6.45, 7) is 3.89. The highest BCUT2D eigenvalue weighted by Gasteiger charge is 2.13. The molecule has 3 aromatic heterocycles. The largest absolute Gasteiger partial charge is 0.437 e. The van der Waals surface area contributed by atoms with Crippen LogP contribution >= 0.6 is 11.6 Å². The molecule has 25 heavy (non-hydrogen) atoms. The smallest absolute Gasteiger partial charge is 0.243 e. The Morgan fingerprint density at radius 1 is 1.00 bits per heavy atom. The third-order valence-corrected chi connectivity index (χ3v) is 4.38. The van der Waals surface area contributed by atoms with Gasteiger partial charge in [0, 0.05) is 47.2 Å². The number of hydrogen-bond acceptors (Lipinski definition) is 4. The van der Waals surface area contributed by atoms with Gasteiger partial charge in [-0.1, -0.05) is 11.6 Å². The SMILES string of the molecule is Cc1ncnc(C)c1-c1ccc(Oc2nccn3cccc23)cc1Cl. The molecule has 0 amide bonds. The quantitative estimate of drug-likeness (QED) is 0.529. The van der Waals surface area contributed by atoms with E-state index < -0.39 is 0 Å². The van der Waals surface area contributed by atoms with E-state index in [1.54, 1.807) is 18.6 Å². The molecule has 4 aromatic rings. The molecular weight excluding hydrogens is 336 g/mol. The number of halogens is 1. The first-order valence-electron chi connectivity index (χ1n) is 7.81. The van der Waals surface area contributed by atoms with Crippen molar-refractivity contribution >= 4 is 17.1 Å². The fraction of sp³-hybridized carbons (Fsp3) is 0.105. The molecule has 4 rings (SSSR count). The molecule has 0 aliphatic rings. The Morgan fingerprint density at radius 3 is 2.56 bits per heavy atom. The van der Waals surface area contributed by atoms with Crippen molar-refractivity contribution < 1.29 is 4.74 Å². The first kappa shape index (κ1) is 15.6. The van der Waals surface area contributed by atoms with Gasteiger partial charge in [0.05, 0.1) is 5.02 Å². The summed E-state index contributed by atoms with van der Waals surface area (Å²) in [5.74, 6) is 1.16. The number of aryl methyl sites for hydroxylation is 2. The van der Waals surface area contributed by atoms with Crippen molar-refractivity contribution in [3.63, 3.8) is 0 Å². The minimum absolute atomic E-state index is 0.534. The zero-order chi connectivity index (χ0) is 17.4. The minimum Gasteiger partial charge on any atom is -0.437 e. The fourth-order valence-electron chi connectivity index (χ4n) is 2.88. The standard InChI is InChI=1S/C19H15ClN4O/c1-12-18(13(2)23-11-22-12)15-6-5-14(10-16(15)20)25-19-17-4-3-8-24(17)9-7-21-19/h3-11H,1-2H3. The van der Waals surface area contributed by atoms with E-state index in [0.29, 0.717) is 16.7 Å². The second-order valence-corrected chi connectivity index (χ2v) is 6.10. The maximum absolute atomic E-state index is 6.51. The van der Waals surface area contributed by atoms with Gasteiger partial charge >= 0.3 is 0 Å². The average molecular weight is 351 g/mol. The molecule has 1 aromatic carbocycles. The lowest BCUT2D eigenvalue weighted by atomic mass is 10.0. The summed E-state index contributed by atoms with van der Waals surface area (Å²) in [7, 11) is 0. The van der Waals surface area contributed by atoms with Crippen LogP contribution in [0.4, 0.5) is 0 Å². The summed E-state index contributed by atoms with van der Waals surface area (Å²) in [6.07, 6.45) is 7.08. The second kappa shape index (κ2) is 6.18. The molecule has 0 N–H and O–H groups in total. The van der Waals surface area contributed by atoms with Crippen LogP contribution in [0.15, 0.2) is 55.2 Å². The van der Waals surface area contributed by atoms with Crippen LogP contribution in [0, 0.1) is 13.8 Å². The van der Waals surface area contributed by atoms with Gasteiger partial charge in [0.2, 0.25) is 5.88 Å². The van der Waals surface area contributed by atoms with Crippen molar-refractivity contribution in [2.24, 2.45) is 0 Å². The highest BCUT2D eigenvalue weighted by molar-refractivity contribution is 6.33. The monoisotopic (exact) mass is 350 g/mol. The van der Waals surface area contributed by atoms with Crippen LogP contribution in [-0.2, 0) is 0 Å². The van der Waals surface area contributed by atoms with Crippen LogP contribution in [0.1, 0.15) is 11.4 Å². The van der Waals surface area contributed by atoms with Crippen molar-refractivity contribution in [2.75, 3.05) is 0 Å². The van der Waals surface area contributed by atoms with E-state index in [-0.39, 0.29) is 0 Å². The van der Waals surface area contributed by atoms with Gasteiger partial charge in [0.15, 0.2) is 0 Å². The first-order chi connectivity index (χ1) is 12.1. The van der Waals surface area contributed by atoms with Crippen LogP contribution in [-0.4, -0.2) is 19.4 Å². The van der Waals surface area contributed by atoms with Crippen LogP contribution < -0.4 is 4.74 Å². The summed E-state index contributed by atoms with van der Waals surface area (Å²) in [6, 6.07) is 9.49. The van der Waals surface area contributed by atoms with Gasteiger partial charge in [-0.25, -0.2) is 15.0 Å². The Morgan fingerprint density at radius 2 is 1.80 bits per heavy atom. The van der Waals surface area contributed by atoms with Gasteiger partial charge in [-0.05, 0) is 38.1 Å². The van der Waals surface area contributed by atoms with Gasteiger partial charge < -0.3 is 9.14 Å². The maximum Gasteiger partial charge on any atom is 0.243 e. The van der Waals surface area contributed by atoms with Gasteiger partial charge in [-0.15, -0.1) is 0 Å². The summed E-state index contributed by atoms with van der Waals surface area (Å²) in [5.41, 5.74) is 4.51. The van der Waals surface area contributed by atoms with E-state index in [0.717, 1.165) is 28.0 Å². The van der Waals surface area contributed by atoms with Crippen molar-refractivity contribution in [3.05, 3.63) is 71.7 Å². The Hall–Kier alpha value is -2.92. The van der Waals surface area contributed by atoms with Gasteiger partial charge in [-0.3, -0.25) is 0 Å². The Labute approximate surface area is 149 Å². The second-order valence-electron chi connectivity index (χ2n) is 5.70. The van der Waals surface area contributed by atoms with Gasteiger partial charge in [0.25, 0.3) is 0 Å². The Kier molecular flexibility index (Phi) is 3.86. The molecule has 0 saturated carbocycles. The highest BCUT2D eigenvalue weighted by atomic mass is 35.5. The Balaban J connectivity index is 1.72. The Bertz CT molecular complexity index is 1050. The third kappa shape index (κ3) is 2.83. The molecule has 0 saturated heterocycles. The lowest BCUT2D eigenvalue weighted by Crippen LogP contribution is -1.96. The van der Waals surface area contributed by atoms with Crippen LogP contribution in [0.2, 0.25) is 5.02 Å². The van der Waals surface area contributed by atoms with E-state index in [1.165, 1.54) is 0 Å². The fourth-order valence-corrected chi connectivity index (χ4v) is 3.14. The molecule has 0 spiro atoms. The summed E-state index contributed by atoms with van der Waals surface area (Å²) in [5, 5.41) is 0.584. The van der Waals surface area contributed by atoms with Crippen LogP contribution in [0.5, 0.6) is 11.6 Å². The maximum atomic E-state index is 6.51. The molecule has 0 fully saturated rings. The molecule has 6 heteroatoms. The van der Waals surface area contributed by atoms with Gasteiger partial charge in [-0.2, -0.15) is 0 Å². The van der Waals surface area contributed by atoms with Crippen LogP contribution in [0.3, 0.4) is 0 Å². The lowest BCUT2D eigenvalue weighted by molar-refractivity contribution is 0.466. The molecule has 0 radical (unpaired) electrons. The van der Waals surface area contributed by atoms with Gasteiger partial charge in [0.1, 0.15) is 17.6 Å². The van der Waals surface area contributed by atoms with E-state index in [4.69, 9.17) is 16.3 Å². The van der Waals surface area contributed by atoms with E-state index in [1.807, 2.05) is 54.9 Å². The topological polar surface area (TPSA) is 52.3 Å². The van der Waals surface area contributed by atoms with Crippen LogP contribution in [0.25, 0.3) is 16.6 Å². The normalized spacial score (nSPS) is 11.0. The third-order valence-electron chi connectivity index (χ3n) is 4.07. The number of nitrogens with zero attached hydrogens (tertiary/aromatic N) is 4. The molecule has 0 bridgehead atoms. The first-order valence-corrected chi connectivity index (χ1v) is 8.19. The lowest BCUT2D eigenvalue weighted by Gasteiger charge is -2.12. The molecule has 0 unspecified atom stereocenters. The zero-order valence-corrected chi connectivity index (χ0v) is 14.5. The molecule has 0 aliphatic heterocycles. The number of ether oxygens (including phenoxy) is 1. The summed E-state index contributed by atoms with van der Waals surface area (Å²) >= 11 is 6.51. The van der Waals surface area contributed by atoms with Crippen molar-refractivity contribution in [3.8, 4) is 22.8 Å². The predicted octanol–water partition coefficient (Wildman–Crippen LogP) is 4.85. The predicted molar refractivity (Wildman–Crippen MR) is 97.2 cm³/mol. The molecule has 0 atom stereocenters. The van der Waals surface area contributed by atoms with E-state index in [9.17, 15) is 0 Å². The number of fused-ring (bicyclic) bond motifs is 1. The summed E-state index contributed by atoms with van der Waals surface area (Å²) in [4.78, 5) is 12.8.